The van der Waals surface area contributed by atoms with Gasteiger partial charge in [-0.25, -0.2) is 9.59 Å². The van der Waals surface area contributed by atoms with Crippen LogP contribution in [-0.4, -0.2) is 12.0 Å². The average molecular weight is 351 g/mol. The highest BCUT2D eigenvalue weighted by Crippen LogP contribution is 2.28. The Morgan fingerprint density at radius 3 is 2.62 bits per heavy atom. The number of aryl methyl sites for hydroxylation is 2. The number of carbonyl (C=O) groups excluding carboxylic acids is 1. The minimum Gasteiger partial charge on any atom is -0.425 e. The highest BCUT2D eigenvalue weighted by Gasteiger charge is 2.19. The molecule has 26 heavy (non-hydrogen) atoms. The standard InChI is InChI=1S/C21H21NO4/c1-3-15-11-16-13(2)9-20(23)25-19(16)12-18(15)26-21(24)17(22)10-14-7-5-4-6-8-14/h4-9,11-12,17H,3,10,22H2,1-2H3. The second-order valence-corrected chi connectivity index (χ2v) is 6.28. The molecule has 1 heterocycles. The lowest BCUT2D eigenvalue weighted by Gasteiger charge is -2.14. The summed E-state index contributed by atoms with van der Waals surface area (Å²) in [6.45, 7) is 3.82. The van der Waals surface area contributed by atoms with Crippen molar-refractivity contribution in [3.8, 4) is 5.75 Å². The molecule has 0 aliphatic heterocycles. The van der Waals surface area contributed by atoms with Crippen LogP contribution in [0.3, 0.4) is 0 Å². The van der Waals surface area contributed by atoms with Gasteiger partial charge in [0.1, 0.15) is 17.4 Å². The smallest absolute Gasteiger partial charge is 0.336 e. The number of nitrogens with two attached hydrogens (primary N) is 1. The van der Waals surface area contributed by atoms with Crippen molar-refractivity contribution in [2.45, 2.75) is 32.7 Å². The number of fused-ring (bicyclic) bond motifs is 1. The number of rotatable bonds is 5. The molecule has 0 amide bonds. The summed E-state index contributed by atoms with van der Waals surface area (Å²) in [6, 6.07) is 13.7. The summed E-state index contributed by atoms with van der Waals surface area (Å²) < 4.78 is 10.8. The van der Waals surface area contributed by atoms with E-state index < -0.39 is 17.6 Å². The van der Waals surface area contributed by atoms with Crippen molar-refractivity contribution in [3.63, 3.8) is 0 Å². The van der Waals surface area contributed by atoms with E-state index in [1.165, 1.54) is 6.07 Å². The van der Waals surface area contributed by atoms with Crippen LogP contribution in [0.25, 0.3) is 11.0 Å². The topological polar surface area (TPSA) is 82.5 Å². The molecule has 2 N–H and O–H groups in total. The highest BCUT2D eigenvalue weighted by molar-refractivity contribution is 5.85. The molecular formula is C21H21NO4. The zero-order valence-corrected chi connectivity index (χ0v) is 14.8. The molecule has 2 aromatic carbocycles. The van der Waals surface area contributed by atoms with Crippen LogP contribution >= 0.6 is 0 Å². The van der Waals surface area contributed by atoms with Crippen LogP contribution in [0.15, 0.2) is 57.7 Å². The van der Waals surface area contributed by atoms with E-state index in [9.17, 15) is 9.59 Å². The second-order valence-electron chi connectivity index (χ2n) is 6.28. The van der Waals surface area contributed by atoms with E-state index in [0.29, 0.717) is 24.2 Å². The minimum atomic E-state index is -0.776. The molecule has 5 nitrogen and oxygen atoms in total. The van der Waals surface area contributed by atoms with Crippen molar-refractivity contribution in [2.24, 2.45) is 5.73 Å². The summed E-state index contributed by atoms with van der Waals surface area (Å²) in [5.41, 5.74) is 8.61. The third-order valence-electron chi connectivity index (χ3n) is 4.33. The van der Waals surface area contributed by atoms with E-state index in [-0.39, 0.29) is 0 Å². The van der Waals surface area contributed by atoms with E-state index in [4.69, 9.17) is 14.9 Å². The second kappa shape index (κ2) is 7.54. The number of benzene rings is 2. The number of hydrogen-bond donors (Lipinski definition) is 1. The summed E-state index contributed by atoms with van der Waals surface area (Å²) in [5.74, 6) is -0.139. The molecule has 0 saturated carbocycles. The van der Waals surface area contributed by atoms with E-state index in [1.54, 1.807) is 6.07 Å². The van der Waals surface area contributed by atoms with Gasteiger partial charge < -0.3 is 14.9 Å². The van der Waals surface area contributed by atoms with Gasteiger partial charge in [0.15, 0.2) is 0 Å². The molecule has 0 aliphatic carbocycles. The van der Waals surface area contributed by atoms with Crippen molar-refractivity contribution in [3.05, 3.63) is 75.6 Å². The van der Waals surface area contributed by atoms with Gasteiger partial charge >= 0.3 is 11.6 Å². The molecule has 5 heteroatoms. The highest BCUT2D eigenvalue weighted by atomic mass is 16.5. The molecule has 3 rings (SSSR count). The van der Waals surface area contributed by atoms with Crippen LogP contribution in [0.5, 0.6) is 5.75 Å². The molecule has 0 bridgehead atoms. The summed E-state index contributed by atoms with van der Waals surface area (Å²) in [7, 11) is 0. The molecule has 1 unspecified atom stereocenters. The molecule has 0 fully saturated rings. The lowest BCUT2D eigenvalue weighted by molar-refractivity contribution is -0.135. The van der Waals surface area contributed by atoms with Crippen LogP contribution in [0.2, 0.25) is 0 Å². The normalized spacial score (nSPS) is 12.1. The van der Waals surface area contributed by atoms with Gasteiger partial charge in [0.25, 0.3) is 0 Å². The van der Waals surface area contributed by atoms with Crippen molar-refractivity contribution in [1.82, 2.24) is 0 Å². The maximum Gasteiger partial charge on any atom is 0.336 e. The predicted octanol–water partition coefficient (Wildman–Crippen LogP) is 3.14. The maximum atomic E-state index is 12.4. The summed E-state index contributed by atoms with van der Waals surface area (Å²) in [6.07, 6.45) is 1.06. The van der Waals surface area contributed by atoms with Gasteiger partial charge in [-0.1, -0.05) is 37.3 Å². The first kappa shape index (κ1) is 17.9. The average Bonchev–Trinajstić information content (AvgIpc) is 2.62. The van der Waals surface area contributed by atoms with Crippen LogP contribution in [0.4, 0.5) is 0 Å². The molecule has 0 spiro atoms. The first-order chi connectivity index (χ1) is 12.5. The fraction of sp³-hybridized carbons (Fsp3) is 0.238. The van der Waals surface area contributed by atoms with E-state index in [2.05, 4.69) is 0 Å². The molecule has 1 atom stereocenters. The largest absolute Gasteiger partial charge is 0.425 e. The van der Waals surface area contributed by atoms with Gasteiger partial charge in [-0.05, 0) is 42.5 Å². The minimum absolute atomic E-state index is 0.377. The summed E-state index contributed by atoms with van der Waals surface area (Å²) in [5, 5.41) is 0.829. The maximum absolute atomic E-state index is 12.4. The zero-order valence-electron chi connectivity index (χ0n) is 14.8. The lowest BCUT2D eigenvalue weighted by atomic mass is 10.0. The van der Waals surface area contributed by atoms with Crippen LogP contribution in [0, 0.1) is 6.92 Å². The first-order valence-electron chi connectivity index (χ1n) is 8.56. The Morgan fingerprint density at radius 1 is 1.19 bits per heavy atom. The Morgan fingerprint density at radius 2 is 1.92 bits per heavy atom. The van der Waals surface area contributed by atoms with Gasteiger partial charge in [0.05, 0.1) is 0 Å². The van der Waals surface area contributed by atoms with Crippen LogP contribution in [0.1, 0.15) is 23.6 Å². The molecule has 0 aliphatic rings. The Balaban J connectivity index is 1.87. The monoisotopic (exact) mass is 351 g/mol. The Hall–Kier alpha value is -2.92. The zero-order chi connectivity index (χ0) is 18.7. The van der Waals surface area contributed by atoms with E-state index in [1.807, 2.05) is 50.2 Å². The van der Waals surface area contributed by atoms with Crippen molar-refractivity contribution in [1.29, 1.82) is 0 Å². The molecule has 0 saturated heterocycles. The van der Waals surface area contributed by atoms with Crippen molar-refractivity contribution in [2.75, 3.05) is 0 Å². The molecule has 0 radical (unpaired) electrons. The lowest BCUT2D eigenvalue weighted by Crippen LogP contribution is -2.36. The Bertz CT molecular complexity index is 992. The third kappa shape index (κ3) is 3.83. The van der Waals surface area contributed by atoms with Crippen LogP contribution in [-0.2, 0) is 17.6 Å². The first-order valence-corrected chi connectivity index (χ1v) is 8.56. The number of hydrogen-bond acceptors (Lipinski definition) is 5. The van der Waals surface area contributed by atoms with Gasteiger partial charge in [-0.2, -0.15) is 0 Å². The Labute approximate surface area is 151 Å². The number of ether oxygens (including phenoxy) is 1. The quantitative estimate of drug-likeness (QED) is 0.434. The van der Waals surface area contributed by atoms with Crippen molar-refractivity contribution >= 4 is 16.9 Å². The number of esters is 1. The van der Waals surface area contributed by atoms with Gasteiger partial charge in [-0.15, -0.1) is 0 Å². The molecule has 134 valence electrons. The fourth-order valence-electron chi connectivity index (χ4n) is 2.90. The van der Waals surface area contributed by atoms with E-state index in [0.717, 1.165) is 22.1 Å². The van der Waals surface area contributed by atoms with Gasteiger partial charge in [-0.3, -0.25) is 0 Å². The fourth-order valence-corrected chi connectivity index (χ4v) is 2.90. The third-order valence-corrected chi connectivity index (χ3v) is 4.33. The van der Waals surface area contributed by atoms with E-state index >= 15 is 0 Å². The predicted molar refractivity (Wildman–Crippen MR) is 100 cm³/mol. The Kier molecular flexibility index (Phi) is 5.19. The molecule has 3 aromatic rings. The van der Waals surface area contributed by atoms with Crippen molar-refractivity contribution < 1.29 is 13.9 Å². The summed E-state index contributed by atoms with van der Waals surface area (Å²) in [4.78, 5) is 24.0. The molecule has 1 aromatic heterocycles. The summed E-state index contributed by atoms with van der Waals surface area (Å²) >= 11 is 0. The van der Waals surface area contributed by atoms with Gasteiger partial charge in [0.2, 0.25) is 0 Å². The van der Waals surface area contributed by atoms with Gasteiger partial charge in [0, 0.05) is 17.5 Å². The molecular weight excluding hydrogens is 330 g/mol. The SMILES string of the molecule is CCc1cc2c(C)cc(=O)oc2cc1OC(=O)C(N)Cc1ccccc1. The van der Waals surface area contributed by atoms with Crippen LogP contribution < -0.4 is 16.1 Å². The number of carbonyl (C=O) groups is 1.